The van der Waals surface area contributed by atoms with E-state index in [4.69, 9.17) is 0 Å². The molecule has 3 rings (SSSR count). The average molecular weight is 335 g/mol. The number of rotatable bonds is 3. The summed E-state index contributed by atoms with van der Waals surface area (Å²) in [5, 5.41) is 0. The summed E-state index contributed by atoms with van der Waals surface area (Å²) in [4.78, 5) is 11.5. The van der Waals surface area contributed by atoms with Crippen molar-refractivity contribution in [3.8, 4) is 0 Å². The molecule has 3 atom stereocenters. The molecule has 22 heavy (non-hydrogen) atoms. The van der Waals surface area contributed by atoms with Crippen molar-refractivity contribution in [1.29, 1.82) is 0 Å². The van der Waals surface area contributed by atoms with E-state index in [2.05, 4.69) is 4.74 Å². The standard InChI is InChI=1S/C13H12F3NO4S/c1-21-12(18)11-10-9(13(10,15)16)6-17(11)22(19,20)8-4-2-7(14)3-5-8/h2-5,9-11H,6H2,1H3/t9-,10-,11+/m1/s1. The minimum atomic E-state index is -4.18. The van der Waals surface area contributed by atoms with E-state index in [0.717, 1.165) is 35.7 Å². The van der Waals surface area contributed by atoms with E-state index in [1.807, 2.05) is 0 Å². The number of alkyl halides is 2. The van der Waals surface area contributed by atoms with Gasteiger partial charge in [0.05, 0.1) is 17.9 Å². The van der Waals surface area contributed by atoms with E-state index in [1.165, 1.54) is 0 Å². The molecule has 0 aromatic heterocycles. The maximum Gasteiger partial charge on any atom is 0.324 e. The van der Waals surface area contributed by atoms with Gasteiger partial charge in [-0.05, 0) is 24.3 Å². The molecule has 1 aliphatic carbocycles. The average Bonchev–Trinajstić information content (AvgIpc) is 2.85. The molecule has 0 unspecified atom stereocenters. The van der Waals surface area contributed by atoms with Crippen molar-refractivity contribution in [2.75, 3.05) is 13.7 Å². The van der Waals surface area contributed by atoms with Gasteiger partial charge in [0, 0.05) is 12.5 Å². The first-order chi connectivity index (χ1) is 10.2. The molecule has 0 spiro atoms. The Labute approximate surface area is 124 Å². The summed E-state index contributed by atoms with van der Waals surface area (Å²) < 4.78 is 70.1. The van der Waals surface area contributed by atoms with E-state index in [1.54, 1.807) is 0 Å². The van der Waals surface area contributed by atoms with Crippen LogP contribution in [0.1, 0.15) is 0 Å². The highest BCUT2D eigenvalue weighted by Crippen LogP contribution is 2.63. The maximum absolute atomic E-state index is 13.5. The summed E-state index contributed by atoms with van der Waals surface area (Å²) in [6, 6.07) is 2.40. The van der Waals surface area contributed by atoms with Gasteiger partial charge in [-0.15, -0.1) is 0 Å². The van der Waals surface area contributed by atoms with Gasteiger partial charge in [-0.3, -0.25) is 4.79 Å². The molecule has 1 aromatic rings. The number of esters is 1. The highest BCUT2D eigenvalue weighted by Gasteiger charge is 2.78. The molecule has 9 heteroatoms. The summed E-state index contributed by atoms with van der Waals surface area (Å²) in [6.45, 7) is -0.461. The lowest BCUT2D eigenvalue weighted by atomic mass is 10.2. The lowest BCUT2D eigenvalue weighted by molar-refractivity contribution is -0.146. The first-order valence-electron chi connectivity index (χ1n) is 6.44. The summed E-state index contributed by atoms with van der Waals surface area (Å²) in [5.74, 6) is -7.26. The van der Waals surface area contributed by atoms with Crippen LogP contribution in [0.25, 0.3) is 0 Å². The number of halogens is 3. The van der Waals surface area contributed by atoms with Crippen molar-refractivity contribution >= 4 is 16.0 Å². The topological polar surface area (TPSA) is 63.7 Å². The van der Waals surface area contributed by atoms with Crippen LogP contribution in [0.5, 0.6) is 0 Å². The fraction of sp³-hybridized carbons (Fsp3) is 0.462. The number of benzene rings is 1. The third-order valence-electron chi connectivity index (χ3n) is 4.15. The van der Waals surface area contributed by atoms with Crippen LogP contribution in [-0.2, 0) is 19.6 Å². The van der Waals surface area contributed by atoms with Crippen LogP contribution in [0.15, 0.2) is 29.2 Å². The van der Waals surface area contributed by atoms with Gasteiger partial charge in [-0.1, -0.05) is 0 Å². The lowest BCUT2D eigenvalue weighted by Gasteiger charge is -2.26. The first-order valence-corrected chi connectivity index (χ1v) is 7.88. The molecular formula is C13H12F3NO4S. The molecule has 5 nitrogen and oxygen atoms in total. The Hall–Kier alpha value is -1.61. The van der Waals surface area contributed by atoms with Crippen molar-refractivity contribution in [2.45, 2.75) is 16.9 Å². The van der Waals surface area contributed by atoms with Crippen LogP contribution in [0, 0.1) is 17.7 Å². The molecule has 1 aliphatic heterocycles. The fourth-order valence-corrected chi connectivity index (χ4v) is 4.57. The van der Waals surface area contributed by atoms with Gasteiger partial charge < -0.3 is 4.74 Å². The van der Waals surface area contributed by atoms with E-state index in [0.29, 0.717) is 0 Å². The molecule has 0 bridgehead atoms. The maximum atomic E-state index is 13.5. The highest BCUT2D eigenvalue weighted by atomic mass is 32.2. The second-order valence-corrected chi connectivity index (χ2v) is 7.19. The van der Waals surface area contributed by atoms with Gasteiger partial charge in [-0.2, -0.15) is 4.31 Å². The summed E-state index contributed by atoms with van der Waals surface area (Å²) >= 11 is 0. The van der Waals surface area contributed by atoms with Gasteiger partial charge in [0.15, 0.2) is 0 Å². The van der Waals surface area contributed by atoms with Crippen LogP contribution in [-0.4, -0.2) is 44.3 Å². The number of fused-ring (bicyclic) bond motifs is 1. The van der Waals surface area contributed by atoms with Crippen molar-refractivity contribution < 1.29 is 31.1 Å². The molecule has 2 aliphatic rings. The predicted molar refractivity (Wildman–Crippen MR) is 68.0 cm³/mol. The van der Waals surface area contributed by atoms with E-state index in [9.17, 15) is 26.4 Å². The van der Waals surface area contributed by atoms with Crippen LogP contribution < -0.4 is 0 Å². The smallest absolute Gasteiger partial charge is 0.324 e. The second kappa shape index (κ2) is 4.69. The Bertz CT molecular complexity index is 719. The molecule has 1 saturated heterocycles. The zero-order chi connectivity index (χ0) is 16.3. The molecule has 1 saturated carbocycles. The Kier molecular flexibility index (Phi) is 3.26. The molecule has 0 N–H and O–H groups in total. The van der Waals surface area contributed by atoms with Gasteiger partial charge in [0.1, 0.15) is 11.9 Å². The monoisotopic (exact) mass is 335 g/mol. The van der Waals surface area contributed by atoms with Crippen molar-refractivity contribution in [2.24, 2.45) is 11.8 Å². The molecule has 0 radical (unpaired) electrons. The Morgan fingerprint density at radius 2 is 1.91 bits per heavy atom. The number of nitrogens with zero attached hydrogens (tertiary/aromatic N) is 1. The van der Waals surface area contributed by atoms with Gasteiger partial charge in [0.2, 0.25) is 10.0 Å². The molecule has 120 valence electrons. The number of ether oxygens (including phenoxy) is 1. The number of carbonyl (C=O) groups excluding carboxylic acids is 1. The number of hydrogen-bond acceptors (Lipinski definition) is 4. The first kappa shape index (κ1) is 15.3. The number of methoxy groups -OCH3 is 1. The van der Waals surface area contributed by atoms with Crippen molar-refractivity contribution in [3.63, 3.8) is 0 Å². The zero-order valence-corrected chi connectivity index (χ0v) is 12.2. The number of piperidine rings is 1. The minimum Gasteiger partial charge on any atom is -0.468 e. The highest BCUT2D eigenvalue weighted by molar-refractivity contribution is 7.89. The summed E-state index contributed by atoms with van der Waals surface area (Å²) in [7, 11) is -3.17. The van der Waals surface area contributed by atoms with Crippen LogP contribution in [0.2, 0.25) is 0 Å². The van der Waals surface area contributed by atoms with Crippen LogP contribution >= 0.6 is 0 Å². The Morgan fingerprint density at radius 1 is 1.32 bits per heavy atom. The van der Waals surface area contributed by atoms with Gasteiger partial charge >= 0.3 is 5.97 Å². The minimum absolute atomic E-state index is 0.257. The molecular weight excluding hydrogens is 323 g/mol. The molecule has 1 aromatic carbocycles. The van der Waals surface area contributed by atoms with Crippen LogP contribution in [0.4, 0.5) is 13.2 Å². The summed E-state index contributed by atoms with van der Waals surface area (Å²) in [6.07, 6.45) is 0. The van der Waals surface area contributed by atoms with Crippen LogP contribution in [0.3, 0.4) is 0 Å². The number of sulfonamides is 1. The van der Waals surface area contributed by atoms with Gasteiger partial charge in [0.25, 0.3) is 5.92 Å². The zero-order valence-electron chi connectivity index (χ0n) is 11.4. The third-order valence-corrected chi connectivity index (χ3v) is 6.01. The fourth-order valence-electron chi connectivity index (χ4n) is 2.94. The largest absolute Gasteiger partial charge is 0.468 e. The van der Waals surface area contributed by atoms with E-state index >= 15 is 0 Å². The Balaban J connectivity index is 1.97. The van der Waals surface area contributed by atoms with Crippen molar-refractivity contribution in [1.82, 2.24) is 4.31 Å². The molecule has 2 fully saturated rings. The van der Waals surface area contributed by atoms with Gasteiger partial charge in [-0.25, -0.2) is 21.6 Å². The third kappa shape index (κ3) is 2.03. The van der Waals surface area contributed by atoms with E-state index < -0.39 is 52.2 Å². The number of carbonyl (C=O) groups is 1. The predicted octanol–water partition coefficient (Wildman–Crippen LogP) is 1.25. The lowest BCUT2D eigenvalue weighted by Crippen LogP contribution is -2.46. The quantitative estimate of drug-likeness (QED) is 0.780. The number of hydrogen-bond donors (Lipinski definition) is 0. The SMILES string of the molecule is COC(=O)[C@@H]1[C@H]2[C@@H](CN1S(=O)(=O)c1ccc(F)cc1)C2(F)F. The molecule has 1 heterocycles. The molecule has 0 amide bonds. The second-order valence-electron chi connectivity index (χ2n) is 5.30. The summed E-state index contributed by atoms with van der Waals surface area (Å²) in [5.41, 5.74) is 0. The van der Waals surface area contributed by atoms with E-state index in [-0.39, 0.29) is 4.90 Å². The normalized spacial score (nSPS) is 29.9. The Morgan fingerprint density at radius 3 is 2.45 bits per heavy atom. The van der Waals surface area contributed by atoms with Crippen molar-refractivity contribution in [3.05, 3.63) is 30.1 Å².